The molecule has 0 aliphatic carbocycles. The van der Waals surface area contributed by atoms with Crippen LogP contribution >= 0.6 is 0 Å². The molecular weight excluding hydrogens is 308 g/mol. The van der Waals surface area contributed by atoms with Gasteiger partial charge < -0.3 is 4.98 Å². The predicted molar refractivity (Wildman–Crippen MR) is 102 cm³/mol. The van der Waals surface area contributed by atoms with Crippen molar-refractivity contribution in [2.45, 2.75) is 13.3 Å². The van der Waals surface area contributed by atoms with Crippen molar-refractivity contribution in [2.75, 3.05) is 0 Å². The number of benzene rings is 2. The first kappa shape index (κ1) is 14.1. The Morgan fingerprint density at radius 1 is 0.800 bits per heavy atom. The van der Waals surface area contributed by atoms with E-state index >= 15 is 0 Å². The molecule has 0 spiro atoms. The smallest absolute Gasteiger partial charge is 0.138 e. The number of aromatic nitrogens is 4. The maximum atomic E-state index is 4.89. The summed E-state index contributed by atoms with van der Waals surface area (Å²) in [7, 11) is 0. The second-order valence-corrected chi connectivity index (χ2v) is 6.16. The third-order valence-electron chi connectivity index (χ3n) is 4.70. The summed E-state index contributed by atoms with van der Waals surface area (Å²) >= 11 is 0. The van der Waals surface area contributed by atoms with Gasteiger partial charge in [-0.25, -0.2) is 4.98 Å². The second-order valence-electron chi connectivity index (χ2n) is 6.16. The summed E-state index contributed by atoms with van der Waals surface area (Å²) in [6.07, 6.45) is 4.65. The fourth-order valence-electron chi connectivity index (χ4n) is 3.38. The normalized spacial score (nSPS) is 11.6. The van der Waals surface area contributed by atoms with Crippen LogP contribution in [0.5, 0.6) is 0 Å². The van der Waals surface area contributed by atoms with E-state index in [-0.39, 0.29) is 0 Å². The molecule has 0 radical (unpaired) electrons. The summed E-state index contributed by atoms with van der Waals surface area (Å²) in [6, 6.07) is 16.6. The largest absolute Gasteiger partial charge is 0.337 e. The molecule has 0 saturated carbocycles. The summed E-state index contributed by atoms with van der Waals surface area (Å²) in [5.41, 5.74) is 6.16. The van der Waals surface area contributed by atoms with Crippen molar-refractivity contribution in [3.8, 4) is 11.4 Å². The number of nitrogens with zero attached hydrogens (tertiary/aromatic N) is 3. The van der Waals surface area contributed by atoms with Gasteiger partial charge in [0, 0.05) is 28.7 Å². The molecule has 0 aliphatic heterocycles. The van der Waals surface area contributed by atoms with Crippen molar-refractivity contribution in [2.24, 2.45) is 0 Å². The van der Waals surface area contributed by atoms with Gasteiger partial charge in [-0.1, -0.05) is 31.2 Å². The van der Waals surface area contributed by atoms with Crippen LogP contribution in [0.4, 0.5) is 0 Å². The van der Waals surface area contributed by atoms with Crippen molar-refractivity contribution in [3.63, 3.8) is 0 Å². The SMILES string of the molecule is CCc1ccc(-c2nc3c4cccnc4c4ncccc4c3[nH]2)cc1. The van der Waals surface area contributed by atoms with Crippen molar-refractivity contribution in [1.82, 2.24) is 19.9 Å². The van der Waals surface area contributed by atoms with Gasteiger partial charge in [0.25, 0.3) is 0 Å². The highest BCUT2D eigenvalue weighted by Crippen LogP contribution is 2.33. The Labute approximate surface area is 144 Å². The van der Waals surface area contributed by atoms with Gasteiger partial charge in [0.15, 0.2) is 0 Å². The lowest BCUT2D eigenvalue weighted by molar-refractivity contribution is 1.14. The molecule has 3 aromatic heterocycles. The van der Waals surface area contributed by atoms with Crippen LogP contribution in [-0.2, 0) is 6.42 Å². The number of H-pyrrole nitrogens is 1. The zero-order chi connectivity index (χ0) is 16.8. The lowest BCUT2D eigenvalue weighted by Gasteiger charge is -2.03. The Kier molecular flexibility index (Phi) is 3.04. The van der Waals surface area contributed by atoms with Gasteiger partial charge in [-0.15, -0.1) is 0 Å². The zero-order valence-electron chi connectivity index (χ0n) is 13.8. The van der Waals surface area contributed by atoms with E-state index < -0.39 is 0 Å². The monoisotopic (exact) mass is 324 g/mol. The summed E-state index contributed by atoms with van der Waals surface area (Å²) in [5, 5.41) is 2.07. The molecule has 25 heavy (non-hydrogen) atoms. The number of rotatable bonds is 2. The third-order valence-corrected chi connectivity index (χ3v) is 4.70. The quantitative estimate of drug-likeness (QED) is 0.470. The molecule has 5 aromatic rings. The van der Waals surface area contributed by atoms with Crippen LogP contribution < -0.4 is 0 Å². The van der Waals surface area contributed by atoms with E-state index in [1.807, 2.05) is 18.3 Å². The van der Waals surface area contributed by atoms with Gasteiger partial charge >= 0.3 is 0 Å². The lowest BCUT2D eigenvalue weighted by atomic mass is 10.1. The number of hydrogen-bond donors (Lipinski definition) is 1. The van der Waals surface area contributed by atoms with Crippen LogP contribution in [0, 0.1) is 0 Å². The van der Waals surface area contributed by atoms with Crippen LogP contribution in [0.3, 0.4) is 0 Å². The van der Waals surface area contributed by atoms with E-state index in [4.69, 9.17) is 4.98 Å². The summed E-state index contributed by atoms with van der Waals surface area (Å²) in [6.45, 7) is 2.16. The standard InChI is InChI=1S/C21H16N4/c1-2-13-7-9-14(10-8-13)21-24-19-15-5-3-11-22-17(15)18-16(20(19)25-21)6-4-12-23-18/h3-12H,2H2,1H3,(H,24,25). The molecule has 3 heterocycles. The average Bonchev–Trinajstić information content (AvgIpc) is 3.14. The molecule has 0 saturated heterocycles. The molecule has 0 fully saturated rings. The Balaban J connectivity index is 1.86. The molecule has 0 unspecified atom stereocenters. The molecule has 5 rings (SSSR count). The fraction of sp³-hybridized carbons (Fsp3) is 0.0952. The van der Waals surface area contributed by atoms with E-state index in [9.17, 15) is 0 Å². The minimum atomic E-state index is 0.874. The predicted octanol–water partition coefficient (Wildman–Crippen LogP) is 4.89. The number of aryl methyl sites for hydroxylation is 1. The molecule has 0 aliphatic rings. The first-order valence-corrected chi connectivity index (χ1v) is 8.45. The Morgan fingerprint density at radius 2 is 1.48 bits per heavy atom. The van der Waals surface area contributed by atoms with E-state index in [1.165, 1.54) is 5.56 Å². The maximum Gasteiger partial charge on any atom is 0.138 e. The molecule has 2 aromatic carbocycles. The molecule has 1 N–H and O–H groups in total. The average molecular weight is 324 g/mol. The van der Waals surface area contributed by atoms with Gasteiger partial charge in [0.2, 0.25) is 0 Å². The van der Waals surface area contributed by atoms with Gasteiger partial charge in [0.1, 0.15) is 5.82 Å². The first-order chi connectivity index (χ1) is 12.3. The number of pyridine rings is 2. The third kappa shape index (κ3) is 2.11. The van der Waals surface area contributed by atoms with Gasteiger partial charge in [-0.05, 0) is 36.2 Å². The van der Waals surface area contributed by atoms with Crippen molar-refractivity contribution < 1.29 is 0 Å². The van der Waals surface area contributed by atoms with Crippen molar-refractivity contribution in [3.05, 3.63) is 66.5 Å². The second kappa shape index (κ2) is 5.38. The Hall–Kier alpha value is -3.27. The van der Waals surface area contributed by atoms with E-state index in [0.29, 0.717) is 0 Å². The van der Waals surface area contributed by atoms with Gasteiger partial charge in [-0.3, -0.25) is 9.97 Å². The highest BCUT2D eigenvalue weighted by molar-refractivity contribution is 6.20. The number of fused-ring (bicyclic) bond motifs is 6. The Morgan fingerprint density at radius 3 is 2.20 bits per heavy atom. The minimum Gasteiger partial charge on any atom is -0.337 e. The molecule has 0 amide bonds. The Bertz CT molecular complexity index is 1150. The van der Waals surface area contributed by atoms with Crippen molar-refractivity contribution in [1.29, 1.82) is 0 Å². The van der Waals surface area contributed by atoms with Crippen LogP contribution in [-0.4, -0.2) is 19.9 Å². The minimum absolute atomic E-state index is 0.874. The first-order valence-electron chi connectivity index (χ1n) is 8.45. The zero-order valence-corrected chi connectivity index (χ0v) is 13.8. The number of hydrogen-bond acceptors (Lipinski definition) is 3. The van der Waals surface area contributed by atoms with Crippen molar-refractivity contribution >= 4 is 32.8 Å². The van der Waals surface area contributed by atoms with E-state index in [2.05, 4.69) is 58.3 Å². The van der Waals surface area contributed by atoms with Crippen LogP contribution in [0.15, 0.2) is 60.9 Å². The highest BCUT2D eigenvalue weighted by Gasteiger charge is 2.14. The van der Waals surface area contributed by atoms with E-state index in [1.54, 1.807) is 6.20 Å². The highest BCUT2D eigenvalue weighted by atomic mass is 14.9. The lowest BCUT2D eigenvalue weighted by Crippen LogP contribution is -1.86. The topological polar surface area (TPSA) is 54.5 Å². The van der Waals surface area contributed by atoms with Crippen LogP contribution in [0.25, 0.3) is 44.2 Å². The van der Waals surface area contributed by atoms with Crippen LogP contribution in [0.1, 0.15) is 12.5 Å². The molecule has 120 valence electrons. The van der Waals surface area contributed by atoms with Gasteiger partial charge in [0.05, 0.1) is 22.1 Å². The molecule has 4 nitrogen and oxygen atoms in total. The molecule has 4 heteroatoms. The van der Waals surface area contributed by atoms with Gasteiger partial charge in [-0.2, -0.15) is 0 Å². The summed E-state index contributed by atoms with van der Waals surface area (Å²) in [5.74, 6) is 0.874. The summed E-state index contributed by atoms with van der Waals surface area (Å²) < 4.78 is 0. The maximum absolute atomic E-state index is 4.89. The number of imidazole rings is 1. The molecule has 0 atom stereocenters. The summed E-state index contributed by atoms with van der Waals surface area (Å²) in [4.78, 5) is 17.5. The van der Waals surface area contributed by atoms with Crippen LogP contribution in [0.2, 0.25) is 0 Å². The number of aromatic amines is 1. The molecular formula is C21H16N4. The van der Waals surface area contributed by atoms with E-state index in [0.717, 1.165) is 50.6 Å². The fourth-order valence-corrected chi connectivity index (χ4v) is 3.38. The molecule has 0 bridgehead atoms. The number of nitrogens with one attached hydrogen (secondary N) is 1.